The summed E-state index contributed by atoms with van der Waals surface area (Å²) in [6.45, 7) is 0. The van der Waals surface area contributed by atoms with E-state index in [2.05, 4.69) is 30.3 Å². The zero-order chi connectivity index (χ0) is 16.5. The second-order valence-corrected chi connectivity index (χ2v) is 8.54. The standard InChI is InChI=1S/C24H38/c1-2-6-11-17-22(16-10-5-1)24(23-18-12-9-13-19-23)20-14-7-3-4-8-15-21-24/h9,12-13,18-19,22H,1-8,10-11,14-17,20-21H2. The molecule has 0 radical (unpaired) electrons. The topological polar surface area (TPSA) is 0 Å². The lowest BCUT2D eigenvalue weighted by Crippen LogP contribution is -2.35. The molecule has 134 valence electrons. The summed E-state index contributed by atoms with van der Waals surface area (Å²) >= 11 is 0. The summed E-state index contributed by atoms with van der Waals surface area (Å²) in [5.74, 6) is 0.927. The maximum atomic E-state index is 2.46. The van der Waals surface area contributed by atoms with Gasteiger partial charge in [0, 0.05) is 0 Å². The number of hydrogen-bond acceptors (Lipinski definition) is 0. The van der Waals surface area contributed by atoms with Gasteiger partial charge in [0.05, 0.1) is 0 Å². The van der Waals surface area contributed by atoms with Crippen molar-refractivity contribution in [2.75, 3.05) is 0 Å². The highest BCUT2D eigenvalue weighted by Crippen LogP contribution is 2.47. The third-order valence-electron chi connectivity index (χ3n) is 6.98. The van der Waals surface area contributed by atoms with Gasteiger partial charge in [-0.05, 0) is 42.6 Å². The molecular formula is C24H38. The van der Waals surface area contributed by atoms with Gasteiger partial charge in [-0.15, -0.1) is 0 Å². The van der Waals surface area contributed by atoms with Crippen LogP contribution in [0.15, 0.2) is 30.3 Å². The second kappa shape index (κ2) is 9.64. The van der Waals surface area contributed by atoms with E-state index >= 15 is 0 Å². The van der Waals surface area contributed by atoms with Gasteiger partial charge in [-0.2, -0.15) is 0 Å². The van der Waals surface area contributed by atoms with E-state index < -0.39 is 0 Å². The largest absolute Gasteiger partial charge is 0.0622 e. The first-order valence-corrected chi connectivity index (χ1v) is 11.0. The first kappa shape index (κ1) is 18.0. The second-order valence-electron chi connectivity index (χ2n) is 8.54. The van der Waals surface area contributed by atoms with Crippen LogP contribution in [0.2, 0.25) is 0 Å². The third kappa shape index (κ3) is 4.64. The molecule has 0 atom stereocenters. The number of hydrogen-bond donors (Lipinski definition) is 0. The van der Waals surface area contributed by atoms with Gasteiger partial charge < -0.3 is 0 Å². The van der Waals surface area contributed by atoms with Crippen LogP contribution in [0, 0.1) is 5.92 Å². The Bertz CT molecular complexity index is 426. The summed E-state index contributed by atoms with van der Waals surface area (Å²) in [6.07, 6.45) is 23.5. The molecule has 0 unspecified atom stereocenters. The highest BCUT2D eigenvalue weighted by Gasteiger charge is 2.38. The summed E-state index contributed by atoms with van der Waals surface area (Å²) in [4.78, 5) is 0. The molecule has 0 heterocycles. The molecule has 1 aromatic rings. The van der Waals surface area contributed by atoms with E-state index in [0.717, 1.165) is 5.92 Å². The van der Waals surface area contributed by atoms with E-state index in [-0.39, 0.29) is 0 Å². The molecule has 2 saturated carbocycles. The van der Waals surface area contributed by atoms with Gasteiger partial charge >= 0.3 is 0 Å². The molecule has 2 aliphatic carbocycles. The molecule has 0 nitrogen and oxygen atoms in total. The molecule has 0 N–H and O–H groups in total. The van der Waals surface area contributed by atoms with Crippen LogP contribution in [-0.4, -0.2) is 0 Å². The molecule has 0 saturated heterocycles. The lowest BCUT2D eigenvalue weighted by Gasteiger charge is -2.42. The van der Waals surface area contributed by atoms with Crippen molar-refractivity contribution >= 4 is 0 Å². The quantitative estimate of drug-likeness (QED) is 0.520. The Morgan fingerprint density at radius 1 is 0.542 bits per heavy atom. The number of benzene rings is 1. The zero-order valence-electron chi connectivity index (χ0n) is 15.8. The zero-order valence-corrected chi connectivity index (χ0v) is 15.8. The van der Waals surface area contributed by atoms with Crippen molar-refractivity contribution in [2.45, 2.75) is 108 Å². The van der Waals surface area contributed by atoms with Crippen molar-refractivity contribution < 1.29 is 0 Å². The summed E-state index contributed by atoms with van der Waals surface area (Å²) in [5, 5.41) is 0. The van der Waals surface area contributed by atoms with Crippen molar-refractivity contribution in [2.24, 2.45) is 5.92 Å². The molecule has 0 aliphatic heterocycles. The smallest absolute Gasteiger partial charge is 0.00188 e. The average molecular weight is 327 g/mol. The van der Waals surface area contributed by atoms with E-state index in [1.807, 2.05) is 0 Å². The fourth-order valence-electron chi connectivity index (χ4n) is 5.60. The van der Waals surface area contributed by atoms with Gasteiger partial charge in [0.15, 0.2) is 0 Å². The molecule has 0 bridgehead atoms. The van der Waals surface area contributed by atoms with E-state index in [9.17, 15) is 0 Å². The average Bonchev–Trinajstić information content (AvgIpc) is 2.84. The Morgan fingerprint density at radius 3 is 1.54 bits per heavy atom. The monoisotopic (exact) mass is 326 g/mol. The Balaban J connectivity index is 1.89. The van der Waals surface area contributed by atoms with Crippen molar-refractivity contribution in [3.63, 3.8) is 0 Å². The van der Waals surface area contributed by atoms with Crippen molar-refractivity contribution in [1.29, 1.82) is 0 Å². The van der Waals surface area contributed by atoms with E-state index in [4.69, 9.17) is 0 Å². The van der Waals surface area contributed by atoms with Gasteiger partial charge in [-0.25, -0.2) is 0 Å². The third-order valence-corrected chi connectivity index (χ3v) is 6.98. The molecule has 0 spiro atoms. The predicted molar refractivity (Wildman–Crippen MR) is 105 cm³/mol. The van der Waals surface area contributed by atoms with Crippen LogP contribution in [0.5, 0.6) is 0 Å². The molecule has 0 aromatic heterocycles. The minimum atomic E-state index is 0.482. The molecular weight excluding hydrogens is 288 g/mol. The van der Waals surface area contributed by atoms with E-state index in [0.29, 0.717) is 5.41 Å². The van der Waals surface area contributed by atoms with E-state index in [1.165, 1.54) is 103 Å². The van der Waals surface area contributed by atoms with Crippen molar-refractivity contribution in [3.8, 4) is 0 Å². The Labute approximate surface area is 150 Å². The minimum Gasteiger partial charge on any atom is -0.0622 e. The summed E-state index contributed by atoms with van der Waals surface area (Å²) in [6, 6.07) is 11.7. The van der Waals surface area contributed by atoms with Crippen LogP contribution in [0.25, 0.3) is 0 Å². The molecule has 2 aliphatic rings. The van der Waals surface area contributed by atoms with Gasteiger partial charge in [-0.3, -0.25) is 0 Å². The van der Waals surface area contributed by atoms with Crippen LogP contribution in [-0.2, 0) is 5.41 Å². The van der Waals surface area contributed by atoms with Gasteiger partial charge in [0.2, 0.25) is 0 Å². The first-order chi connectivity index (χ1) is 11.9. The Morgan fingerprint density at radius 2 is 1.00 bits per heavy atom. The predicted octanol–water partition coefficient (Wildman–Crippen LogP) is 7.81. The van der Waals surface area contributed by atoms with Gasteiger partial charge in [-0.1, -0.05) is 107 Å². The molecule has 0 amide bonds. The molecule has 2 fully saturated rings. The van der Waals surface area contributed by atoms with E-state index in [1.54, 1.807) is 5.56 Å². The lowest BCUT2D eigenvalue weighted by atomic mass is 9.62. The Hall–Kier alpha value is -0.780. The van der Waals surface area contributed by atoms with Gasteiger partial charge in [0.25, 0.3) is 0 Å². The summed E-state index contributed by atoms with van der Waals surface area (Å²) < 4.78 is 0. The van der Waals surface area contributed by atoms with Crippen molar-refractivity contribution in [3.05, 3.63) is 35.9 Å². The normalized spacial score (nSPS) is 24.7. The highest BCUT2D eigenvalue weighted by molar-refractivity contribution is 5.27. The fourth-order valence-corrected chi connectivity index (χ4v) is 5.60. The highest BCUT2D eigenvalue weighted by atomic mass is 14.4. The molecule has 1 aromatic carbocycles. The number of rotatable bonds is 2. The van der Waals surface area contributed by atoms with Crippen molar-refractivity contribution in [1.82, 2.24) is 0 Å². The Kier molecular flexibility index (Phi) is 7.24. The minimum absolute atomic E-state index is 0.482. The lowest BCUT2D eigenvalue weighted by molar-refractivity contribution is 0.191. The van der Waals surface area contributed by atoms with Crippen LogP contribution in [0.4, 0.5) is 0 Å². The van der Waals surface area contributed by atoms with Crippen LogP contribution < -0.4 is 0 Å². The summed E-state index contributed by atoms with van der Waals surface area (Å²) in [5.41, 5.74) is 2.16. The molecule has 3 rings (SSSR count). The maximum Gasteiger partial charge on any atom is -0.00188 e. The SMILES string of the molecule is c1ccc(C2(C3CCCCCCCC3)CCCCCCCC2)cc1. The van der Waals surface area contributed by atoms with Crippen LogP contribution in [0.3, 0.4) is 0 Å². The first-order valence-electron chi connectivity index (χ1n) is 11.0. The summed E-state index contributed by atoms with van der Waals surface area (Å²) in [7, 11) is 0. The maximum absolute atomic E-state index is 2.46. The van der Waals surface area contributed by atoms with Crippen LogP contribution in [0.1, 0.15) is 108 Å². The molecule has 24 heavy (non-hydrogen) atoms. The van der Waals surface area contributed by atoms with Gasteiger partial charge in [0.1, 0.15) is 0 Å². The van der Waals surface area contributed by atoms with Crippen LogP contribution >= 0.6 is 0 Å². The fraction of sp³-hybridized carbons (Fsp3) is 0.750. The molecule has 0 heteroatoms.